The van der Waals surface area contributed by atoms with E-state index in [0.717, 1.165) is 12.1 Å². The van der Waals surface area contributed by atoms with E-state index in [-0.39, 0.29) is 18.0 Å². The number of carbonyl (C=O) groups excluding carboxylic acids is 2. The highest BCUT2D eigenvalue weighted by Gasteiger charge is 2.30. The van der Waals surface area contributed by atoms with Crippen LogP contribution < -0.4 is 10.6 Å². The molecule has 0 atom stereocenters. The van der Waals surface area contributed by atoms with Gasteiger partial charge in [0.15, 0.2) is 0 Å². The molecule has 1 aliphatic rings. The third-order valence-corrected chi connectivity index (χ3v) is 5.28. The van der Waals surface area contributed by atoms with Crippen LogP contribution >= 0.6 is 0 Å². The first-order chi connectivity index (χ1) is 15.8. The summed E-state index contributed by atoms with van der Waals surface area (Å²) in [6, 6.07) is 11.6. The third-order valence-electron chi connectivity index (χ3n) is 5.28. The van der Waals surface area contributed by atoms with Gasteiger partial charge in [0.2, 0.25) is 5.91 Å². The summed E-state index contributed by atoms with van der Waals surface area (Å²) in [4.78, 5) is 30.8. The number of anilines is 2. The Morgan fingerprint density at radius 2 is 1.79 bits per heavy atom. The number of nitrogens with one attached hydrogen (secondary N) is 2. The molecule has 0 aliphatic carbocycles. The molecule has 1 fully saturated rings. The number of aromatic nitrogens is 1. The van der Waals surface area contributed by atoms with Crippen LogP contribution in [0.1, 0.15) is 15.9 Å². The number of carbonyl (C=O) groups is 2. The molecule has 4 rings (SSSR count). The summed E-state index contributed by atoms with van der Waals surface area (Å²) in [5.41, 5.74) is 0.626. The summed E-state index contributed by atoms with van der Waals surface area (Å²) >= 11 is 0. The van der Waals surface area contributed by atoms with Crippen molar-refractivity contribution in [2.75, 3.05) is 38.2 Å². The lowest BCUT2D eigenvalue weighted by atomic mass is 10.1. The fourth-order valence-corrected chi connectivity index (χ4v) is 3.54. The first-order valence-electron chi connectivity index (χ1n) is 10.3. The number of nitrogens with zero attached hydrogens (tertiary/aromatic N) is 2. The van der Waals surface area contributed by atoms with Crippen molar-refractivity contribution in [2.24, 2.45) is 0 Å². The molecular formula is C23H21F3N4O3. The van der Waals surface area contributed by atoms with E-state index in [1.54, 1.807) is 35.2 Å². The van der Waals surface area contributed by atoms with E-state index in [1.165, 1.54) is 12.3 Å². The summed E-state index contributed by atoms with van der Waals surface area (Å²) in [6.07, 6.45) is -3.07. The van der Waals surface area contributed by atoms with E-state index in [0.29, 0.717) is 48.6 Å². The summed E-state index contributed by atoms with van der Waals surface area (Å²) in [6.45, 7) is 1.76. The van der Waals surface area contributed by atoms with Crippen LogP contribution in [0.15, 0.2) is 54.7 Å². The molecule has 0 bridgehead atoms. The number of hydrogen-bond acceptors (Lipinski definition) is 5. The second-order valence-corrected chi connectivity index (χ2v) is 7.43. The number of benzene rings is 2. The number of morpholine rings is 1. The van der Waals surface area contributed by atoms with Crippen LogP contribution in [0, 0.1) is 0 Å². The molecule has 2 amide bonds. The topological polar surface area (TPSA) is 83.6 Å². The van der Waals surface area contributed by atoms with Gasteiger partial charge in [0, 0.05) is 30.4 Å². The van der Waals surface area contributed by atoms with E-state index in [9.17, 15) is 22.8 Å². The summed E-state index contributed by atoms with van der Waals surface area (Å²) in [7, 11) is 0. The van der Waals surface area contributed by atoms with Gasteiger partial charge in [0.1, 0.15) is 0 Å². The molecule has 10 heteroatoms. The van der Waals surface area contributed by atoms with Crippen LogP contribution in [0.25, 0.3) is 10.9 Å². The zero-order valence-corrected chi connectivity index (χ0v) is 17.5. The summed E-state index contributed by atoms with van der Waals surface area (Å²) < 4.78 is 44.3. The highest BCUT2D eigenvalue weighted by molar-refractivity contribution is 6.03. The molecule has 2 N–H and O–H groups in total. The molecule has 0 spiro atoms. The first-order valence-corrected chi connectivity index (χ1v) is 10.3. The van der Waals surface area contributed by atoms with Gasteiger partial charge in [-0.1, -0.05) is 18.2 Å². The predicted octanol–water partition coefficient (Wildman–Crippen LogP) is 3.59. The molecule has 33 heavy (non-hydrogen) atoms. The van der Waals surface area contributed by atoms with Crippen LogP contribution in [0.5, 0.6) is 0 Å². The van der Waals surface area contributed by atoms with Gasteiger partial charge >= 0.3 is 6.18 Å². The van der Waals surface area contributed by atoms with E-state index >= 15 is 0 Å². The van der Waals surface area contributed by atoms with Gasteiger partial charge in [-0.2, -0.15) is 13.2 Å². The minimum Gasteiger partial charge on any atom is -0.378 e. The molecule has 0 unspecified atom stereocenters. The number of rotatable bonds is 5. The Kier molecular flexibility index (Phi) is 6.45. The molecule has 2 aromatic carbocycles. The quantitative estimate of drug-likeness (QED) is 0.611. The van der Waals surface area contributed by atoms with Gasteiger partial charge in [-0.3, -0.25) is 14.6 Å². The largest absolute Gasteiger partial charge is 0.416 e. The van der Waals surface area contributed by atoms with Crippen LogP contribution in [0.2, 0.25) is 0 Å². The average molecular weight is 458 g/mol. The van der Waals surface area contributed by atoms with Crippen molar-refractivity contribution in [1.82, 2.24) is 15.2 Å². The molecule has 2 heterocycles. The van der Waals surface area contributed by atoms with Gasteiger partial charge in [-0.25, -0.2) is 0 Å². The molecule has 1 aliphatic heterocycles. The highest BCUT2D eigenvalue weighted by Crippen LogP contribution is 2.33. The van der Waals surface area contributed by atoms with Crippen molar-refractivity contribution >= 4 is 34.1 Å². The molecule has 7 nitrogen and oxygen atoms in total. The fourth-order valence-electron chi connectivity index (χ4n) is 3.54. The molecule has 3 aromatic rings. The lowest BCUT2D eigenvalue weighted by molar-refractivity contribution is -0.137. The Morgan fingerprint density at radius 3 is 2.55 bits per heavy atom. The summed E-state index contributed by atoms with van der Waals surface area (Å²) in [5.74, 6) is -0.643. The van der Waals surface area contributed by atoms with Crippen molar-refractivity contribution in [3.05, 3.63) is 65.9 Å². The second kappa shape index (κ2) is 9.45. The zero-order valence-electron chi connectivity index (χ0n) is 17.5. The molecule has 172 valence electrons. The SMILES string of the molecule is O=C(NCC(=O)N1CCOCC1)c1ccccc1Nc1ccnc2cc(C(F)(F)F)ccc12. The maximum Gasteiger partial charge on any atom is 0.416 e. The third kappa shape index (κ3) is 5.23. The number of ether oxygens (including phenoxy) is 1. The number of alkyl halides is 3. The first kappa shape index (κ1) is 22.5. The van der Waals surface area contributed by atoms with E-state index in [1.807, 2.05) is 0 Å². The number of hydrogen-bond donors (Lipinski definition) is 2. The van der Waals surface area contributed by atoms with Crippen LogP contribution in [-0.2, 0) is 15.7 Å². The second-order valence-electron chi connectivity index (χ2n) is 7.43. The Labute approximate surface area is 187 Å². The van der Waals surface area contributed by atoms with Crippen LogP contribution in [-0.4, -0.2) is 54.5 Å². The molecule has 0 saturated carbocycles. The van der Waals surface area contributed by atoms with E-state index < -0.39 is 17.6 Å². The number of fused-ring (bicyclic) bond motifs is 1. The van der Waals surface area contributed by atoms with Crippen molar-refractivity contribution in [2.45, 2.75) is 6.18 Å². The Hall–Kier alpha value is -3.66. The highest BCUT2D eigenvalue weighted by atomic mass is 19.4. The van der Waals surface area contributed by atoms with Gasteiger partial charge in [-0.05, 0) is 30.3 Å². The maximum absolute atomic E-state index is 13.0. The minimum absolute atomic E-state index is 0.147. The fraction of sp³-hybridized carbons (Fsp3) is 0.261. The number of halogens is 3. The van der Waals surface area contributed by atoms with Crippen molar-refractivity contribution in [3.63, 3.8) is 0 Å². The molecular weight excluding hydrogens is 437 g/mol. The molecule has 1 aromatic heterocycles. The standard InChI is InChI=1S/C23H21F3N4O3/c24-23(25,26)15-5-6-16-19(7-8-27-20(16)13-15)29-18-4-2-1-3-17(18)22(32)28-14-21(31)30-9-11-33-12-10-30/h1-8,13H,9-12,14H2,(H,27,29)(H,28,32). The van der Waals surface area contributed by atoms with Crippen molar-refractivity contribution < 1.29 is 27.5 Å². The zero-order chi connectivity index (χ0) is 23.4. The van der Waals surface area contributed by atoms with Gasteiger partial charge in [0.05, 0.1) is 42.1 Å². The average Bonchev–Trinajstić information content (AvgIpc) is 2.82. The smallest absolute Gasteiger partial charge is 0.378 e. The lowest BCUT2D eigenvalue weighted by Gasteiger charge is -2.26. The lowest BCUT2D eigenvalue weighted by Crippen LogP contribution is -2.45. The Balaban J connectivity index is 1.52. The van der Waals surface area contributed by atoms with Crippen LogP contribution in [0.3, 0.4) is 0 Å². The monoisotopic (exact) mass is 458 g/mol. The Bertz CT molecular complexity index is 1180. The number of para-hydroxylation sites is 1. The van der Waals surface area contributed by atoms with E-state index in [2.05, 4.69) is 15.6 Å². The maximum atomic E-state index is 13.0. The number of amides is 2. The predicted molar refractivity (Wildman–Crippen MR) is 116 cm³/mol. The Morgan fingerprint density at radius 1 is 1.03 bits per heavy atom. The van der Waals surface area contributed by atoms with Crippen molar-refractivity contribution in [1.29, 1.82) is 0 Å². The molecule has 0 radical (unpaired) electrons. The normalized spacial score (nSPS) is 14.2. The van der Waals surface area contributed by atoms with Gasteiger partial charge < -0.3 is 20.3 Å². The minimum atomic E-state index is -4.47. The number of pyridine rings is 1. The van der Waals surface area contributed by atoms with Crippen molar-refractivity contribution in [3.8, 4) is 0 Å². The molecule has 1 saturated heterocycles. The summed E-state index contributed by atoms with van der Waals surface area (Å²) in [5, 5.41) is 6.22. The van der Waals surface area contributed by atoms with Gasteiger partial charge in [0.25, 0.3) is 5.91 Å². The van der Waals surface area contributed by atoms with Crippen LogP contribution in [0.4, 0.5) is 24.5 Å². The van der Waals surface area contributed by atoms with Gasteiger partial charge in [-0.15, -0.1) is 0 Å². The van der Waals surface area contributed by atoms with E-state index in [4.69, 9.17) is 4.74 Å².